The number of nitrogens with one attached hydrogen (secondary N) is 2. The fourth-order valence-electron chi connectivity index (χ4n) is 5.14. The number of aromatic nitrogens is 1. The lowest BCUT2D eigenvalue weighted by atomic mass is 9.91. The Labute approximate surface area is 267 Å². The topological polar surface area (TPSA) is 119 Å². The van der Waals surface area contributed by atoms with E-state index in [1.165, 1.54) is 7.11 Å². The first-order valence-corrected chi connectivity index (χ1v) is 15.8. The molecule has 10 heteroatoms. The fraction of sp³-hybridized carbons (Fsp3) is 0.286. The van der Waals surface area contributed by atoms with E-state index in [0.29, 0.717) is 17.9 Å². The molecule has 1 aromatic heterocycles. The molecule has 0 spiro atoms. The number of anilines is 1. The highest BCUT2D eigenvalue weighted by molar-refractivity contribution is 7.99. The molecule has 9 nitrogen and oxygen atoms in total. The molecule has 0 aliphatic carbocycles. The zero-order valence-electron chi connectivity index (χ0n) is 25.2. The Morgan fingerprint density at radius 1 is 0.911 bits per heavy atom. The van der Waals surface area contributed by atoms with Crippen LogP contribution < -0.4 is 10.6 Å². The van der Waals surface area contributed by atoms with Gasteiger partial charge in [-0.25, -0.2) is 14.6 Å². The van der Waals surface area contributed by atoms with Crippen LogP contribution in [0.4, 0.5) is 10.5 Å². The fourth-order valence-corrected chi connectivity index (χ4v) is 6.17. The number of nitrogens with zero attached hydrogens (tertiary/aromatic N) is 1. The zero-order valence-corrected chi connectivity index (χ0v) is 26.0. The van der Waals surface area contributed by atoms with Gasteiger partial charge in [0.15, 0.2) is 6.29 Å². The number of urea groups is 1. The van der Waals surface area contributed by atoms with Crippen LogP contribution in [-0.4, -0.2) is 47.1 Å². The van der Waals surface area contributed by atoms with E-state index in [2.05, 4.69) is 22.5 Å². The van der Waals surface area contributed by atoms with Crippen molar-refractivity contribution in [2.75, 3.05) is 18.2 Å². The van der Waals surface area contributed by atoms with Gasteiger partial charge in [-0.05, 0) is 41.0 Å². The summed E-state index contributed by atoms with van der Waals surface area (Å²) in [5, 5.41) is 15.9. The van der Waals surface area contributed by atoms with E-state index in [0.717, 1.165) is 27.3 Å². The third kappa shape index (κ3) is 8.70. The van der Waals surface area contributed by atoms with Crippen molar-refractivity contribution in [3.63, 3.8) is 0 Å². The molecule has 3 aromatic carbocycles. The van der Waals surface area contributed by atoms with Crippen molar-refractivity contribution in [3.05, 3.63) is 126 Å². The highest BCUT2D eigenvalue weighted by Gasteiger charge is 2.38. The van der Waals surface area contributed by atoms with Crippen molar-refractivity contribution >= 4 is 29.4 Å². The standard InChI is InChI=1S/C35H37N3O6S/c1-23-30(22-45-31-10-6-7-19-36-31)43-34(44-32(23)26-13-11-25(21-39)12-14-26)27-15-17-28(18-16-27)37-35(41)38-29(33(40)42-2)20-24-8-4-3-5-9-24/h3-19,23,29-30,32,34,39H,20-22H2,1-2H3,(H2,37,38,41)/t23-,29-,30+,32+,34+/m0/s1. The number of hydrogen-bond acceptors (Lipinski definition) is 8. The normalized spacial score (nSPS) is 20.2. The molecule has 0 bridgehead atoms. The number of aliphatic hydroxyl groups is 1. The second-order valence-corrected chi connectivity index (χ2v) is 11.8. The number of benzene rings is 3. The molecule has 5 atom stereocenters. The summed E-state index contributed by atoms with van der Waals surface area (Å²) in [6.45, 7) is 2.10. The number of amides is 2. The predicted molar refractivity (Wildman–Crippen MR) is 172 cm³/mol. The number of aliphatic hydroxyl groups excluding tert-OH is 1. The maximum absolute atomic E-state index is 12.8. The number of carbonyl (C=O) groups is 2. The molecule has 0 saturated carbocycles. The van der Waals surface area contributed by atoms with E-state index in [4.69, 9.17) is 14.2 Å². The summed E-state index contributed by atoms with van der Waals surface area (Å²) in [6.07, 6.45) is 1.06. The van der Waals surface area contributed by atoms with Gasteiger partial charge in [0.05, 0.1) is 31.0 Å². The summed E-state index contributed by atoms with van der Waals surface area (Å²) in [7, 11) is 1.30. The first-order chi connectivity index (χ1) is 21.9. The highest BCUT2D eigenvalue weighted by Crippen LogP contribution is 2.43. The minimum atomic E-state index is -0.841. The van der Waals surface area contributed by atoms with Gasteiger partial charge in [-0.15, -0.1) is 11.8 Å². The van der Waals surface area contributed by atoms with E-state index in [9.17, 15) is 14.7 Å². The van der Waals surface area contributed by atoms with E-state index >= 15 is 0 Å². The van der Waals surface area contributed by atoms with Gasteiger partial charge in [0.25, 0.3) is 0 Å². The molecule has 1 aliphatic heterocycles. The van der Waals surface area contributed by atoms with Crippen LogP contribution in [-0.2, 0) is 32.0 Å². The number of esters is 1. The second-order valence-electron chi connectivity index (χ2n) is 10.8. The molecule has 5 rings (SSSR count). The number of carbonyl (C=O) groups excluding carboxylic acids is 2. The Kier molecular flexibility index (Phi) is 11.2. The number of rotatable bonds is 11. The van der Waals surface area contributed by atoms with Crippen molar-refractivity contribution in [1.82, 2.24) is 10.3 Å². The van der Waals surface area contributed by atoms with E-state index in [1.807, 2.05) is 84.9 Å². The molecule has 2 amide bonds. The lowest BCUT2D eigenvalue weighted by Gasteiger charge is -2.41. The third-order valence-corrected chi connectivity index (χ3v) is 8.70. The first kappa shape index (κ1) is 32.2. The largest absolute Gasteiger partial charge is 0.467 e. The molecule has 0 unspecified atom stereocenters. The molecular weight excluding hydrogens is 590 g/mol. The summed E-state index contributed by atoms with van der Waals surface area (Å²) in [4.78, 5) is 29.6. The number of thioether (sulfide) groups is 1. The summed E-state index contributed by atoms with van der Waals surface area (Å²) in [5.41, 5.74) is 4.09. The van der Waals surface area contributed by atoms with Gasteiger partial charge >= 0.3 is 12.0 Å². The van der Waals surface area contributed by atoms with Crippen molar-refractivity contribution < 1.29 is 28.9 Å². The van der Waals surface area contributed by atoms with Crippen LogP contribution in [0.2, 0.25) is 0 Å². The average Bonchev–Trinajstić information content (AvgIpc) is 3.08. The summed E-state index contributed by atoms with van der Waals surface area (Å²) < 4.78 is 17.9. The monoisotopic (exact) mass is 627 g/mol. The Balaban J connectivity index is 1.27. The first-order valence-electron chi connectivity index (χ1n) is 14.8. The molecule has 2 heterocycles. The van der Waals surface area contributed by atoms with Crippen LogP contribution >= 0.6 is 11.8 Å². The van der Waals surface area contributed by atoms with Crippen LogP contribution in [0.5, 0.6) is 0 Å². The molecule has 0 radical (unpaired) electrons. The van der Waals surface area contributed by atoms with Gasteiger partial charge in [0, 0.05) is 35.5 Å². The van der Waals surface area contributed by atoms with Gasteiger partial charge in [-0.3, -0.25) is 0 Å². The van der Waals surface area contributed by atoms with Crippen molar-refractivity contribution in [3.8, 4) is 0 Å². The zero-order chi connectivity index (χ0) is 31.6. The summed E-state index contributed by atoms with van der Waals surface area (Å²) >= 11 is 1.64. The van der Waals surface area contributed by atoms with E-state index in [-0.39, 0.29) is 24.7 Å². The highest BCUT2D eigenvalue weighted by atomic mass is 32.2. The van der Waals surface area contributed by atoms with Crippen LogP contribution in [0, 0.1) is 5.92 Å². The lowest BCUT2D eigenvalue weighted by molar-refractivity contribution is -0.268. The minimum absolute atomic E-state index is 0.0226. The van der Waals surface area contributed by atoms with Crippen molar-refractivity contribution in [1.29, 1.82) is 0 Å². The Morgan fingerprint density at radius 2 is 1.62 bits per heavy atom. The van der Waals surface area contributed by atoms with Gasteiger partial charge in [0.2, 0.25) is 0 Å². The van der Waals surface area contributed by atoms with E-state index in [1.54, 1.807) is 30.1 Å². The predicted octanol–water partition coefficient (Wildman–Crippen LogP) is 6.06. The smallest absolute Gasteiger partial charge is 0.328 e. The summed E-state index contributed by atoms with van der Waals surface area (Å²) in [6, 6.07) is 28.9. The molecule has 3 N–H and O–H groups in total. The SMILES string of the molecule is COC(=O)[C@H](Cc1ccccc1)NC(=O)Nc1ccc([C@@H]2O[C@H](CSc3ccccn3)[C@H](C)[C@H](c3ccc(CO)cc3)O2)cc1. The maximum Gasteiger partial charge on any atom is 0.328 e. The van der Waals surface area contributed by atoms with Crippen LogP contribution in [0.25, 0.3) is 0 Å². The van der Waals surface area contributed by atoms with Crippen LogP contribution in [0.1, 0.15) is 41.6 Å². The Morgan fingerprint density at radius 3 is 2.29 bits per heavy atom. The molecular formula is C35H37N3O6S. The molecule has 1 fully saturated rings. The molecule has 1 aliphatic rings. The molecule has 4 aromatic rings. The number of hydrogen-bond donors (Lipinski definition) is 3. The van der Waals surface area contributed by atoms with Crippen molar-refractivity contribution in [2.45, 2.75) is 49.5 Å². The number of ether oxygens (including phenoxy) is 3. The van der Waals surface area contributed by atoms with E-state index < -0.39 is 24.3 Å². The minimum Gasteiger partial charge on any atom is -0.467 e. The molecule has 1 saturated heterocycles. The summed E-state index contributed by atoms with van der Waals surface area (Å²) in [5.74, 6) is 0.204. The molecule has 234 valence electrons. The van der Waals surface area contributed by atoms with Gasteiger partial charge < -0.3 is 30.0 Å². The Hall–Kier alpha value is -4.22. The second kappa shape index (κ2) is 15.7. The van der Waals surface area contributed by atoms with Gasteiger partial charge in [0.1, 0.15) is 6.04 Å². The third-order valence-electron chi connectivity index (χ3n) is 7.67. The maximum atomic E-state index is 12.8. The van der Waals surface area contributed by atoms with Crippen LogP contribution in [0.15, 0.2) is 108 Å². The van der Waals surface area contributed by atoms with Crippen LogP contribution in [0.3, 0.4) is 0 Å². The lowest BCUT2D eigenvalue weighted by Crippen LogP contribution is -2.45. The van der Waals surface area contributed by atoms with Gasteiger partial charge in [-0.1, -0.05) is 79.7 Å². The number of methoxy groups -OCH3 is 1. The molecule has 45 heavy (non-hydrogen) atoms. The Bertz CT molecular complexity index is 1520. The van der Waals surface area contributed by atoms with Gasteiger partial charge in [-0.2, -0.15) is 0 Å². The quantitative estimate of drug-likeness (QED) is 0.136. The van der Waals surface area contributed by atoms with Crippen molar-refractivity contribution in [2.24, 2.45) is 5.92 Å². The average molecular weight is 628 g/mol. The number of pyridine rings is 1.